The van der Waals surface area contributed by atoms with E-state index >= 15 is 0 Å². The lowest BCUT2D eigenvalue weighted by Gasteiger charge is -2.13. The largest absolute Gasteiger partial charge is 0.441 e. The summed E-state index contributed by atoms with van der Waals surface area (Å²) in [7, 11) is 0. The molecule has 1 aromatic heterocycles. The van der Waals surface area contributed by atoms with E-state index in [-0.39, 0.29) is 5.91 Å². The molecule has 21 heavy (non-hydrogen) atoms. The van der Waals surface area contributed by atoms with E-state index in [9.17, 15) is 4.79 Å². The molecule has 5 nitrogen and oxygen atoms in total. The molecule has 1 heterocycles. The number of hydrogen-bond donors (Lipinski definition) is 2. The number of hydrogen-bond acceptors (Lipinski definition) is 4. The van der Waals surface area contributed by atoms with Crippen LogP contribution < -0.4 is 11.1 Å². The van der Waals surface area contributed by atoms with Crippen LogP contribution in [0.3, 0.4) is 0 Å². The minimum absolute atomic E-state index is 0.0324. The Balaban J connectivity index is 1.91. The zero-order valence-corrected chi connectivity index (χ0v) is 12.7. The number of amides is 1. The summed E-state index contributed by atoms with van der Waals surface area (Å²) < 4.78 is 5.41. The molecule has 3 N–H and O–H groups in total. The molecule has 1 aromatic carbocycles. The van der Waals surface area contributed by atoms with Crippen molar-refractivity contribution < 1.29 is 9.21 Å². The SMILES string of the molecule is CCC(CCN)CCC(=O)Nc1ccc2oc(C)nc2c1. The van der Waals surface area contributed by atoms with Crippen LogP contribution in [0.15, 0.2) is 22.6 Å². The Bertz CT molecular complexity index is 607. The lowest BCUT2D eigenvalue weighted by molar-refractivity contribution is -0.116. The van der Waals surface area contributed by atoms with Gasteiger partial charge in [0.25, 0.3) is 0 Å². The summed E-state index contributed by atoms with van der Waals surface area (Å²) in [6, 6.07) is 5.50. The van der Waals surface area contributed by atoms with Crippen LogP contribution in [0.1, 0.15) is 38.5 Å². The van der Waals surface area contributed by atoms with Crippen molar-refractivity contribution in [1.82, 2.24) is 4.98 Å². The van der Waals surface area contributed by atoms with Crippen LogP contribution in [-0.2, 0) is 4.79 Å². The lowest BCUT2D eigenvalue weighted by atomic mass is 9.96. The summed E-state index contributed by atoms with van der Waals surface area (Å²) in [5.74, 6) is 1.19. The molecular formula is C16H23N3O2. The Kier molecular flexibility index (Phi) is 5.33. The lowest BCUT2D eigenvalue weighted by Crippen LogP contribution is -2.15. The van der Waals surface area contributed by atoms with Crippen LogP contribution >= 0.6 is 0 Å². The number of nitrogens with zero attached hydrogens (tertiary/aromatic N) is 1. The number of nitrogens with one attached hydrogen (secondary N) is 1. The van der Waals surface area contributed by atoms with Crippen molar-refractivity contribution in [2.75, 3.05) is 11.9 Å². The second kappa shape index (κ2) is 7.22. The first-order valence-corrected chi connectivity index (χ1v) is 7.49. The van der Waals surface area contributed by atoms with Crippen LogP contribution in [0.5, 0.6) is 0 Å². The molecule has 114 valence electrons. The maximum absolute atomic E-state index is 12.0. The van der Waals surface area contributed by atoms with Gasteiger partial charge in [0.15, 0.2) is 11.5 Å². The second-order valence-corrected chi connectivity index (χ2v) is 5.35. The van der Waals surface area contributed by atoms with E-state index in [1.807, 2.05) is 18.2 Å². The minimum Gasteiger partial charge on any atom is -0.441 e. The molecular weight excluding hydrogens is 266 g/mol. The van der Waals surface area contributed by atoms with Crippen LogP contribution in [-0.4, -0.2) is 17.4 Å². The molecule has 0 aliphatic rings. The number of nitrogens with two attached hydrogens (primary N) is 1. The maximum Gasteiger partial charge on any atom is 0.224 e. The number of anilines is 1. The molecule has 5 heteroatoms. The van der Waals surface area contributed by atoms with Crippen molar-refractivity contribution in [3.05, 3.63) is 24.1 Å². The van der Waals surface area contributed by atoms with E-state index in [2.05, 4.69) is 17.2 Å². The number of fused-ring (bicyclic) bond motifs is 1. The average Bonchev–Trinajstić information content (AvgIpc) is 2.82. The fourth-order valence-corrected chi connectivity index (χ4v) is 2.47. The van der Waals surface area contributed by atoms with Crippen LogP contribution in [0, 0.1) is 12.8 Å². The van der Waals surface area contributed by atoms with E-state index in [0.717, 1.165) is 36.0 Å². The first kappa shape index (κ1) is 15.5. The third-order valence-corrected chi connectivity index (χ3v) is 3.71. The van der Waals surface area contributed by atoms with Gasteiger partial charge >= 0.3 is 0 Å². The van der Waals surface area contributed by atoms with E-state index < -0.39 is 0 Å². The number of oxazole rings is 1. The first-order valence-electron chi connectivity index (χ1n) is 7.49. The number of rotatable bonds is 7. The Morgan fingerprint density at radius 1 is 1.43 bits per heavy atom. The predicted octanol–water partition coefficient (Wildman–Crippen LogP) is 3.23. The summed E-state index contributed by atoms with van der Waals surface area (Å²) >= 11 is 0. The third-order valence-electron chi connectivity index (χ3n) is 3.71. The van der Waals surface area contributed by atoms with Crippen LogP contribution in [0.4, 0.5) is 5.69 Å². The summed E-state index contributed by atoms with van der Waals surface area (Å²) in [6.45, 7) is 4.63. The highest BCUT2D eigenvalue weighted by atomic mass is 16.3. The predicted molar refractivity (Wildman–Crippen MR) is 84.1 cm³/mol. The summed E-state index contributed by atoms with van der Waals surface area (Å²) in [6.07, 6.45) is 3.45. The van der Waals surface area contributed by atoms with Crippen molar-refractivity contribution in [2.45, 2.75) is 39.5 Å². The van der Waals surface area contributed by atoms with E-state index in [1.54, 1.807) is 6.92 Å². The van der Waals surface area contributed by atoms with Gasteiger partial charge in [-0.25, -0.2) is 4.98 Å². The van der Waals surface area contributed by atoms with Gasteiger partial charge in [0.05, 0.1) is 0 Å². The van der Waals surface area contributed by atoms with Gasteiger partial charge in [-0.15, -0.1) is 0 Å². The standard InChI is InChI=1S/C16H23N3O2/c1-3-12(8-9-17)4-7-16(20)19-13-5-6-15-14(10-13)18-11(2)21-15/h5-6,10,12H,3-4,7-9,17H2,1-2H3,(H,19,20). The second-order valence-electron chi connectivity index (χ2n) is 5.35. The monoisotopic (exact) mass is 289 g/mol. The number of benzene rings is 1. The zero-order chi connectivity index (χ0) is 15.2. The highest BCUT2D eigenvalue weighted by molar-refractivity contribution is 5.92. The normalized spacial score (nSPS) is 12.5. The van der Waals surface area contributed by atoms with Crippen molar-refractivity contribution in [3.8, 4) is 0 Å². The quantitative estimate of drug-likeness (QED) is 0.820. The molecule has 1 atom stereocenters. The summed E-state index contributed by atoms with van der Waals surface area (Å²) in [5.41, 5.74) is 7.83. The topological polar surface area (TPSA) is 81.2 Å². The van der Waals surface area contributed by atoms with Gasteiger partial charge < -0.3 is 15.5 Å². The molecule has 0 bridgehead atoms. The molecule has 0 saturated heterocycles. The highest BCUT2D eigenvalue weighted by Crippen LogP contribution is 2.20. The van der Waals surface area contributed by atoms with Gasteiger partial charge in [-0.3, -0.25) is 4.79 Å². The molecule has 1 amide bonds. The fourth-order valence-electron chi connectivity index (χ4n) is 2.47. The molecule has 0 saturated carbocycles. The molecule has 0 aliphatic heterocycles. The van der Waals surface area contributed by atoms with E-state index in [1.165, 1.54) is 0 Å². The Morgan fingerprint density at radius 2 is 2.24 bits per heavy atom. The van der Waals surface area contributed by atoms with Gasteiger partial charge in [0.2, 0.25) is 5.91 Å². The third kappa shape index (κ3) is 4.29. The molecule has 0 spiro atoms. The van der Waals surface area contributed by atoms with Gasteiger partial charge in [-0.05, 0) is 43.5 Å². The number of carbonyl (C=O) groups is 1. The fraction of sp³-hybridized carbons (Fsp3) is 0.500. The highest BCUT2D eigenvalue weighted by Gasteiger charge is 2.10. The average molecular weight is 289 g/mol. The van der Waals surface area contributed by atoms with E-state index in [0.29, 0.717) is 24.8 Å². The van der Waals surface area contributed by atoms with Gasteiger partial charge in [0.1, 0.15) is 5.52 Å². The minimum atomic E-state index is 0.0324. The molecule has 2 aromatic rings. The number of carbonyl (C=O) groups excluding carboxylic acids is 1. The van der Waals surface area contributed by atoms with Gasteiger partial charge in [-0.1, -0.05) is 13.3 Å². The van der Waals surface area contributed by atoms with Crippen molar-refractivity contribution in [2.24, 2.45) is 11.7 Å². The maximum atomic E-state index is 12.0. The van der Waals surface area contributed by atoms with Crippen molar-refractivity contribution in [1.29, 1.82) is 0 Å². The molecule has 2 rings (SSSR count). The molecule has 1 unspecified atom stereocenters. The summed E-state index contributed by atoms with van der Waals surface area (Å²) in [5, 5.41) is 2.91. The number of aromatic nitrogens is 1. The van der Waals surface area contributed by atoms with Crippen molar-refractivity contribution >= 4 is 22.7 Å². The first-order chi connectivity index (χ1) is 10.1. The van der Waals surface area contributed by atoms with Gasteiger partial charge in [0, 0.05) is 19.0 Å². The van der Waals surface area contributed by atoms with Crippen LogP contribution in [0.2, 0.25) is 0 Å². The Labute approximate surface area is 124 Å². The Hall–Kier alpha value is -1.88. The van der Waals surface area contributed by atoms with Gasteiger partial charge in [-0.2, -0.15) is 0 Å². The van der Waals surface area contributed by atoms with Crippen LogP contribution in [0.25, 0.3) is 11.1 Å². The molecule has 0 aliphatic carbocycles. The van der Waals surface area contributed by atoms with Crippen molar-refractivity contribution in [3.63, 3.8) is 0 Å². The zero-order valence-electron chi connectivity index (χ0n) is 12.7. The Morgan fingerprint density at radius 3 is 2.95 bits per heavy atom. The smallest absolute Gasteiger partial charge is 0.224 e. The number of aryl methyl sites for hydroxylation is 1. The molecule has 0 radical (unpaired) electrons. The van der Waals surface area contributed by atoms with E-state index in [4.69, 9.17) is 10.2 Å². The summed E-state index contributed by atoms with van der Waals surface area (Å²) in [4.78, 5) is 16.3. The molecule has 0 fully saturated rings.